The lowest BCUT2D eigenvalue weighted by molar-refractivity contribution is -0.0950. The zero-order valence-corrected chi connectivity index (χ0v) is 22.9. The van der Waals surface area contributed by atoms with Crippen molar-refractivity contribution in [2.45, 2.75) is 23.3 Å². The highest BCUT2D eigenvalue weighted by molar-refractivity contribution is 7.89. The first kappa shape index (κ1) is 28.4. The zero-order valence-electron chi connectivity index (χ0n) is 22.1. The van der Waals surface area contributed by atoms with E-state index in [2.05, 4.69) is 10.1 Å². The van der Waals surface area contributed by atoms with Gasteiger partial charge in [0.25, 0.3) is 0 Å². The maximum atomic E-state index is 14.6. The maximum absolute atomic E-state index is 14.6. The Labute approximate surface area is 236 Å². The molecule has 3 aromatic carbocycles. The third kappa shape index (κ3) is 6.15. The van der Waals surface area contributed by atoms with E-state index in [1.54, 1.807) is 25.3 Å². The predicted octanol–water partition coefficient (Wildman–Crippen LogP) is 4.70. The van der Waals surface area contributed by atoms with Crippen molar-refractivity contribution in [3.8, 4) is 28.3 Å². The Morgan fingerprint density at radius 1 is 1.07 bits per heavy atom. The minimum atomic E-state index is -3.88. The van der Waals surface area contributed by atoms with Crippen LogP contribution in [0.15, 0.2) is 87.3 Å². The van der Waals surface area contributed by atoms with Gasteiger partial charge in [0.1, 0.15) is 23.9 Å². The number of ether oxygens (including phenoxy) is 3. The third-order valence-electron chi connectivity index (χ3n) is 6.95. The molecule has 4 aromatic rings. The molecule has 5 rings (SSSR count). The molecular formula is C29H28FN3O7S. The number of sulfonamides is 1. The van der Waals surface area contributed by atoms with Crippen molar-refractivity contribution in [2.24, 2.45) is 10.3 Å². The normalized spacial score (nSPS) is 15.5. The van der Waals surface area contributed by atoms with Gasteiger partial charge in [0.2, 0.25) is 15.9 Å². The van der Waals surface area contributed by atoms with E-state index >= 15 is 0 Å². The lowest BCUT2D eigenvalue weighted by Gasteiger charge is -2.36. The summed E-state index contributed by atoms with van der Waals surface area (Å²) >= 11 is 0. The highest BCUT2D eigenvalue weighted by atomic mass is 32.2. The summed E-state index contributed by atoms with van der Waals surface area (Å²) in [6.07, 6.45) is 1.13. The van der Waals surface area contributed by atoms with Crippen molar-refractivity contribution in [3.05, 3.63) is 90.1 Å². The molecule has 0 radical (unpaired) electrons. The van der Waals surface area contributed by atoms with E-state index in [0.29, 0.717) is 54.2 Å². The fourth-order valence-electron chi connectivity index (χ4n) is 4.73. The molecule has 10 nitrogen and oxygen atoms in total. The average molecular weight is 582 g/mol. The number of primary sulfonamides is 1. The molecule has 0 atom stereocenters. The number of halogens is 1. The van der Waals surface area contributed by atoms with Crippen LogP contribution in [0.5, 0.6) is 5.75 Å². The first-order valence-electron chi connectivity index (χ1n) is 12.7. The van der Waals surface area contributed by atoms with Crippen LogP contribution in [0.2, 0.25) is 0 Å². The van der Waals surface area contributed by atoms with E-state index in [-0.39, 0.29) is 28.9 Å². The number of benzene rings is 3. The summed E-state index contributed by atoms with van der Waals surface area (Å²) in [5.41, 5.74) is 1.53. The first-order valence-corrected chi connectivity index (χ1v) is 14.2. The summed E-state index contributed by atoms with van der Waals surface area (Å²) in [5, 5.41) is 18.4. The molecular weight excluding hydrogens is 553 g/mol. The van der Waals surface area contributed by atoms with E-state index < -0.39 is 21.4 Å². The average Bonchev–Trinajstić information content (AvgIpc) is 3.43. The Morgan fingerprint density at radius 3 is 2.41 bits per heavy atom. The van der Waals surface area contributed by atoms with Gasteiger partial charge in [-0.2, -0.15) is 0 Å². The topological polar surface area (TPSA) is 146 Å². The monoisotopic (exact) mass is 581 g/mol. The summed E-state index contributed by atoms with van der Waals surface area (Å²) in [7, 11) is -2.30. The van der Waals surface area contributed by atoms with E-state index in [0.717, 1.165) is 0 Å². The number of methoxy groups -OCH3 is 1. The van der Waals surface area contributed by atoms with Crippen LogP contribution in [-0.2, 0) is 25.1 Å². The molecule has 0 spiro atoms. The van der Waals surface area contributed by atoms with Gasteiger partial charge in [-0.1, -0.05) is 35.5 Å². The third-order valence-corrected chi connectivity index (χ3v) is 7.88. The molecule has 1 aliphatic heterocycles. The molecule has 0 saturated carbocycles. The minimum Gasteiger partial charge on any atom is -0.487 e. The Kier molecular flexibility index (Phi) is 8.18. The van der Waals surface area contributed by atoms with Gasteiger partial charge in [-0.15, -0.1) is 0 Å². The predicted molar refractivity (Wildman–Crippen MR) is 148 cm³/mol. The molecule has 1 fully saturated rings. The number of oxime groups is 1. The Balaban J connectivity index is 1.45. The highest BCUT2D eigenvalue weighted by Crippen LogP contribution is 2.38. The second-order valence-electron chi connectivity index (χ2n) is 9.45. The van der Waals surface area contributed by atoms with Gasteiger partial charge in [-0.3, -0.25) is 0 Å². The van der Waals surface area contributed by atoms with Crippen molar-refractivity contribution < 1.29 is 36.6 Å². The van der Waals surface area contributed by atoms with Gasteiger partial charge in [0, 0.05) is 50.4 Å². The summed E-state index contributed by atoms with van der Waals surface area (Å²) in [6, 6.07) is 19.3. The molecule has 1 saturated heterocycles. The van der Waals surface area contributed by atoms with E-state index in [4.69, 9.17) is 23.8 Å². The lowest BCUT2D eigenvalue weighted by atomic mass is 9.86. The van der Waals surface area contributed by atoms with Crippen LogP contribution in [0.1, 0.15) is 24.3 Å². The Bertz CT molecular complexity index is 1650. The van der Waals surface area contributed by atoms with Gasteiger partial charge in [-0.25, -0.2) is 22.9 Å². The molecule has 1 aromatic heterocycles. The van der Waals surface area contributed by atoms with E-state index in [1.165, 1.54) is 24.3 Å². The first-order chi connectivity index (χ1) is 19.7. The van der Waals surface area contributed by atoms with Crippen LogP contribution in [0.3, 0.4) is 0 Å². The molecule has 12 heteroatoms. The molecule has 0 amide bonds. The number of hydrogen-bond donors (Lipinski definition) is 2. The van der Waals surface area contributed by atoms with Gasteiger partial charge in [0.05, 0.1) is 10.5 Å². The highest BCUT2D eigenvalue weighted by Gasteiger charge is 2.35. The number of oxazole rings is 1. The molecule has 2 heterocycles. The lowest BCUT2D eigenvalue weighted by Crippen LogP contribution is -2.35. The minimum absolute atomic E-state index is 0.0358. The quantitative estimate of drug-likeness (QED) is 0.164. The van der Waals surface area contributed by atoms with Crippen LogP contribution >= 0.6 is 0 Å². The Morgan fingerprint density at radius 2 is 1.78 bits per heavy atom. The number of rotatable bonds is 9. The van der Waals surface area contributed by atoms with Crippen molar-refractivity contribution in [2.75, 3.05) is 26.9 Å². The Hall–Kier alpha value is -4.10. The molecule has 41 heavy (non-hydrogen) atoms. The maximum Gasteiger partial charge on any atom is 0.249 e. The number of hydrogen-bond acceptors (Lipinski definition) is 9. The van der Waals surface area contributed by atoms with Crippen LogP contribution < -0.4 is 9.88 Å². The van der Waals surface area contributed by atoms with Gasteiger partial charge < -0.3 is 23.8 Å². The number of aromatic nitrogens is 1. The summed E-state index contributed by atoms with van der Waals surface area (Å²) in [6.45, 7) is 0.687. The molecule has 1 aliphatic rings. The fraction of sp³-hybridized carbons (Fsp3) is 0.241. The molecule has 0 bridgehead atoms. The summed E-state index contributed by atoms with van der Waals surface area (Å²) < 4.78 is 61.1. The fourth-order valence-corrected chi connectivity index (χ4v) is 5.25. The van der Waals surface area contributed by atoms with Crippen molar-refractivity contribution in [1.29, 1.82) is 0 Å². The van der Waals surface area contributed by atoms with Crippen molar-refractivity contribution >= 4 is 15.7 Å². The van der Waals surface area contributed by atoms with Gasteiger partial charge in [-0.05, 0) is 42.0 Å². The van der Waals surface area contributed by atoms with Crippen LogP contribution in [0.25, 0.3) is 22.6 Å². The molecule has 3 N–H and O–H groups in total. The second kappa shape index (κ2) is 11.8. The van der Waals surface area contributed by atoms with Crippen LogP contribution in [0.4, 0.5) is 4.39 Å². The SMILES string of the molecule is COC1(c2cc(F)cc(OC/C(=N/O)c3nc(-c4ccccc4)c(-c4ccc(S(N)(=O)=O)cc4)o3)c2)CCOCC1. The standard InChI is InChI=1S/C29H28FN3O7S/c1-37-29(11-13-38-14-12-29)21-15-22(30)17-23(16-21)39-18-25(33-34)28-32-26(19-5-3-2-4-6-19)27(40-28)20-7-9-24(10-8-20)41(31,35)36/h2-10,15-17,34H,11-14,18H2,1H3,(H2,31,35,36)/b33-25-. The molecule has 0 unspecified atom stereocenters. The summed E-state index contributed by atoms with van der Waals surface area (Å²) in [4.78, 5) is 4.50. The van der Waals surface area contributed by atoms with Crippen LogP contribution in [0, 0.1) is 5.82 Å². The summed E-state index contributed by atoms with van der Waals surface area (Å²) in [5.74, 6) is -0.0254. The number of nitrogens with zero attached hydrogens (tertiary/aromatic N) is 2. The second-order valence-corrected chi connectivity index (χ2v) is 11.0. The molecule has 0 aliphatic carbocycles. The number of nitrogens with two attached hydrogens (primary N) is 1. The van der Waals surface area contributed by atoms with E-state index in [1.807, 2.05) is 30.3 Å². The zero-order chi connectivity index (χ0) is 29.0. The van der Waals surface area contributed by atoms with Crippen molar-refractivity contribution in [1.82, 2.24) is 4.98 Å². The smallest absolute Gasteiger partial charge is 0.249 e. The van der Waals surface area contributed by atoms with Gasteiger partial charge >= 0.3 is 0 Å². The van der Waals surface area contributed by atoms with Gasteiger partial charge in [0.15, 0.2) is 11.5 Å². The van der Waals surface area contributed by atoms with Crippen molar-refractivity contribution in [3.63, 3.8) is 0 Å². The molecule has 214 valence electrons. The largest absolute Gasteiger partial charge is 0.487 e. The van der Waals surface area contributed by atoms with Crippen LogP contribution in [-0.4, -0.2) is 51.3 Å². The van der Waals surface area contributed by atoms with E-state index in [9.17, 15) is 18.0 Å².